The van der Waals surface area contributed by atoms with Crippen molar-refractivity contribution >= 4 is 22.6 Å². The third-order valence-corrected chi connectivity index (χ3v) is 4.12. The van der Waals surface area contributed by atoms with E-state index in [1.165, 1.54) is 0 Å². The molecule has 0 aromatic heterocycles. The number of hydrogen-bond donors (Lipinski definition) is 1. The van der Waals surface area contributed by atoms with Crippen LogP contribution in [0.15, 0.2) is 72.8 Å². The molecule has 1 N–H and O–H groups in total. The van der Waals surface area contributed by atoms with Crippen molar-refractivity contribution in [2.45, 2.75) is 13.0 Å². The fourth-order valence-corrected chi connectivity index (χ4v) is 2.70. The first-order valence-electron chi connectivity index (χ1n) is 8.73. The van der Waals surface area contributed by atoms with Crippen LogP contribution >= 0.6 is 0 Å². The molecule has 27 heavy (non-hydrogen) atoms. The third-order valence-electron chi connectivity index (χ3n) is 4.12. The van der Waals surface area contributed by atoms with Gasteiger partial charge in [-0.3, -0.25) is 4.79 Å². The number of rotatable bonds is 7. The number of esters is 1. The highest BCUT2D eigenvalue weighted by atomic mass is 16.6. The monoisotopic (exact) mass is 363 g/mol. The molecule has 0 saturated carbocycles. The van der Waals surface area contributed by atoms with Crippen LogP contribution in [0.4, 0.5) is 0 Å². The van der Waals surface area contributed by atoms with Crippen molar-refractivity contribution in [3.05, 3.63) is 78.4 Å². The van der Waals surface area contributed by atoms with E-state index in [-0.39, 0.29) is 25.2 Å². The molecule has 0 saturated heterocycles. The Balaban J connectivity index is 1.43. The van der Waals surface area contributed by atoms with Crippen molar-refractivity contribution in [1.82, 2.24) is 5.32 Å². The van der Waals surface area contributed by atoms with Gasteiger partial charge in [0.1, 0.15) is 5.75 Å². The topological polar surface area (TPSA) is 64.6 Å². The zero-order valence-electron chi connectivity index (χ0n) is 15.1. The van der Waals surface area contributed by atoms with Gasteiger partial charge in [0.15, 0.2) is 13.2 Å². The largest absolute Gasteiger partial charge is 0.482 e. The van der Waals surface area contributed by atoms with Gasteiger partial charge in [0, 0.05) is 0 Å². The number of carbonyl (C=O) groups is 2. The fourth-order valence-electron chi connectivity index (χ4n) is 2.70. The highest BCUT2D eigenvalue weighted by Gasteiger charge is 2.12. The maximum Gasteiger partial charge on any atom is 0.344 e. The van der Waals surface area contributed by atoms with Crippen molar-refractivity contribution in [2.75, 3.05) is 13.2 Å². The van der Waals surface area contributed by atoms with E-state index in [9.17, 15) is 9.59 Å². The molecule has 3 rings (SSSR count). The van der Waals surface area contributed by atoms with Crippen LogP contribution < -0.4 is 10.1 Å². The average molecular weight is 363 g/mol. The van der Waals surface area contributed by atoms with Crippen LogP contribution in [0.2, 0.25) is 0 Å². The van der Waals surface area contributed by atoms with Crippen molar-refractivity contribution in [3.8, 4) is 5.75 Å². The maximum absolute atomic E-state index is 11.9. The first kappa shape index (κ1) is 18.5. The van der Waals surface area contributed by atoms with Gasteiger partial charge in [-0.05, 0) is 35.4 Å². The quantitative estimate of drug-likeness (QED) is 0.651. The Hall–Kier alpha value is -3.34. The highest BCUT2D eigenvalue weighted by molar-refractivity contribution is 5.84. The predicted octanol–water partition coefficient (Wildman–Crippen LogP) is 3.64. The van der Waals surface area contributed by atoms with E-state index in [2.05, 4.69) is 5.32 Å². The minimum absolute atomic E-state index is 0.161. The van der Waals surface area contributed by atoms with Crippen molar-refractivity contribution in [3.63, 3.8) is 0 Å². The smallest absolute Gasteiger partial charge is 0.344 e. The first-order chi connectivity index (χ1) is 13.1. The SMILES string of the molecule is CC(NC(=O)COC(=O)COc1ccc2ccccc2c1)c1ccccc1. The summed E-state index contributed by atoms with van der Waals surface area (Å²) in [5.74, 6) is -0.371. The van der Waals surface area contributed by atoms with Gasteiger partial charge in [-0.2, -0.15) is 0 Å². The van der Waals surface area contributed by atoms with Crippen LogP contribution in [0.5, 0.6) is 5.75 Å². The Morgan fingerprint density at radius 2 is 1.59 bits per heavy atom. The summed E-state index contributed by atoms with van der Waals surface area (Å²) in [6.07, 6.45) is 0. The zero-order valence-corrected chi connectivity index (χ0v) is 15.1. The molecule has 1 atom stereocenters. The van der Waals surface area contributed by atoms with Gasteiger partial charge in [-0.25, -0.2) is 4.79 Å². The molecule has 1 amide bonds. The van der Waals surface area contributed by atoms with E-state index in [1.807, 2.05) is 73.7 Å². The Bertz CT molecular complexity index is 924. The van der Waals surface area contributed by atoms with Crippen molar-refractivity contribution in [2.24, 2.45) is 0 Å². The van der Waals surface area contributed by atoms with E-state index < -0.39 is 5.97 Å². The van der Waals surface area contributed by atoms with Gasteiger partial charge in [0.2, 0.25) is 0 Å². The number of benzene rings is 3. The second-order valence-electron chi connectivity index (χ2n) is 6.16. The average Bonchev–Trinajstić information content (AvgIpc) is 2.71. The van der Waals surface area contributed by atoms with Gasteiger partial charge in [-0.1, -0.05) is 60.7 Å². The number of fused-ring (bicyclic) bond motifs is 1. The molecule has 138 valence electrons. The molecule has 0 heterocycles. The molecule has 0 aliphatic carbocycles. The molecule has 1 unspecified atom stereocenters. The van der Waals surface area contributed by atoms with E-state index in [0.717, 1.165) is 16.3 Å². The van der Waals surface area contributed by atoms with Gasteiger partial charge >= 0.3 is 5.97 Å². The van der Waals surface area contributed by atoms with E-state index >= 15 is 0 Å². The molecular weight excluding hydrogens is 342 g/mol. The molecule has 0 radical (unpaired) electrons. The summed E-state index contributed by atoms with van der Waals surface area (Å²) in [6.45, 7) is 1.29. The lowest BCUT2D eigenvalue weighted by Crippen LogP contribution is -2.31. The molecule has 0 bridgehead atoms. The molecule has 5 heteroatoms. The first-order valence-corrected chi connectivity index (χ1v) is 8.73. The molecule has 3 aromatic rings. The van der Waals surface area contributed by atoms with Crippen LogP contribution in [0, 0.1) is 0 Å². The van der Waals surface area contributed by atoms with E-state index in [1.54, 1.807) is 6.07 Å². The van der Waals surface area contributed by atoms with Gasteiger partial charge < -0.3 is 14.8 Å². The second-order valence-corrected chi connectivity index (χ2v) is 6.16. The highest BCUT2D eigenvalue weighted by Crippen LogP contribution is 2.20. The Labute approximate surface area is 157 Å². The standard InChI is InChI=1S/C22H21NO4/c1-16(17-7-3-2-4-8-17)23-21(24)14-27-22(25)15-26-20-12-11-18-9-5-6-10-19(18)13-20/h2-13,16H,14-15H2,1H3,(H,23,24). The van der Waals surface area contributed by atoms with Gasteiger partial charge in [0.25, 0.3) is 5.91 Å². The number of nitrogens with one attached hydrogen (secondary N) is 1. The van der Waals surface area contributed by atoms with E-state index in [4.69, 9.17) is 9.47 Å². The summed E-state index contributed by atoms with van der Waals surface area (Å²) in [7, 11) is 0. The number of hydrogen-bond acceptors (Lipinski definition) is 4. The van der Waals surface area contributed by atoms with Crippen LogP contribution in [0.25, 0.3) is 10.8 Å². The number of amides is 1. The summed E-state index contributed by atoms with van der Waals surface area (Å²) < 4.78 is 10.4. The van der Waals surface area contributed by atoms with Crippen LogP contribution in [-0.4, -0.2) is 25.1 Å². The fraction of sp³-hybridized carbons (Fsp3) is 0.182. The summed E-state index contributed by atoms with van der Waals surface area (Å²) in [6, 6.07) is 22.9. The summed E-state index contributed by atoms with van der Waals surface area (Å²) in [5.41, 5.74) is 0.983. The lowest BCUT2D eigenvalue weighted by molar-refractivity contribution is -0.150. The third kappa shape index (κ3) is 5.31. The zero-order chi connectivity index (χ0) is 19.1. The van der Waals surface area contributed by atoms with Crippen molar-refractivity contribution < 1.29 is 19.1 Å². The Morgan fingerprint density at radius 3 is 2.37 bits per heavy atom. The number of ether oxygens (including phenoxy) is 2. The molecule has 0 aliphatic rings. The van der Waals surface area contributed by atoms with Crippen molar-refractivity contribution in [1.29, 1.82) is 0 Å². The molecule has 5 nitrogen and oxygen atoms in total. The van der Waals surface area contributed by atoms with Crippen LogP contribution in [-0.2, 0) is 14.3 Å². The molecule has 0 fully saturated rings. The molecule has 0 spiro atoms. The Kier molecular flexibility index (Phi) is 6.05. The lowest BCUT2D eigenvalue weighted by Gasteiger charge is -2.14. The summed E-state index contributed by atoms with van der Waals surface area (Å²) >= 11 is 0. The van der Waals surface area contributed by atoms with Crippen LogP contribution in [0.1, 0.15) is 18.5 Å². The minimum Gasteiger partial charge on any atom is -0.482 e. The summed E-state index contributed by atoms with van der Waals surface area (Å²) in [4.78, 5) is 23.7. The normalized spacial score (nSPS) is 11.6. The molecular formula is C22H21NO4. The Morgan fingerprint density at radius 1 is 0.889 bits per heavy atom. The van der Waals surface area contributed by atoms with E-state index in [0.29, 0.717) is 5.75 Å². The van der Waals surface area contributed by atoms with Gasteiger partial charge in [-0.15, -0.1) is 0 Å². The lowest BCUT2D eigenvalue weighted by atomic mass is 10.1. The summed E-state index contributed by atoms with van der Waals surface area (Å²) in [5, 5.41) is 4.91. The predicted molar refractivity (Wildman–Crippen MR) is 103 cm³/mol. The second kappa shape index (κ2) is 8.85. The molecule has 0 aliphatic heterocycles. The number of carbonyl (C=O) groups excluding carboxylic acids is 2. The van der Waals surface area contributed by atoms with Crippen LogP contribution in [0.3, 0.4) is 0 Å². The minimum atomic E-state index is -0.592. The molecule has 3 aromatic carbocycles. The maximum atomic E-state index is 11.9. The van der Waals surface area contributed by atoms with Gasteiger partial charge in [0.05, 0.1) is 6.04 Å².